The van der Waals surface area contributed by atoms with Crippen LogP contribution < -0.4 is 5.32 Å². The van der Waals surface area contributed by atoms with Crippen LogP contribution >= 0.6 is 0 Å². The van der Waals surface area contributed by atoms with Crippen LogP contribution in [0.2, 0.25) is 0 Å². The highest BCUT2D eigenvalue weighted by atomic mass is 16.3. The van der Waals surface area contributed by atoms with E-state index in [1.54, 1.807) is 13.2 Å². The Bertz CT molecular complexity index is 464. The topological polar surface area (TPSA) is 63.8 Å². The van der Waals surface area contributed by atoms with Crippen LogP contribution in [0.25, 0.3) is 11.5 Å². The van der Waals surface area contributed by atoms with Crippen molar-refractivity contribution in [2.24, 2.45) is 0 Å². The van der Waals surface area contributed by atoms with Gasteiger partial charge < -0.3 is 9.73 Å². The molecule has 5 heteroatoms. The van der Waals surface area contributed by atoms with Crippen molar-refractivity contribution in [1.29, 1.82) is 0 Å². The normalized spacial score (nSPS) is 10.7. The van der Waals surface area contributed by atoms with Crippen molar-refractivity contribution in [2.45, 2.75) is 26.8 Å². The summed E-state index contributed by atoms with van der Waals surface area (Å²) in [5.41, 5.74) is 1.75. The molecule has 0 fully saturated rings. The summed E-state index contributed by atoms with van der Waals surface area (Å²) in [6, 6.07) is 0. The van der Waals surface area contributed by atoms with E-state index in [2.05, 4.69) is 27.2 Å². The molecule has 2 aromatic rings. The molecule has 17 heavy (non-hydrogen) atoms. The predicted octanol–water partition coefficient (Wildman–Crippen LogP) is 1.94. The minimum atomic E-state index is 0.598. The summed E-state index contributed by atoms with van der Waals surface area (Å²) in [4.78, 5) is 12.7. The van der Waals surface area contributed by atoms with Gasteiger partial charge in [-0.1, -0.05) is 6.92 Å². The molecule has 0 aromatic carbocycles. The van der Waals surface area contributed by atoms with Gasteiger partial charge in [-0.15, -0.1) is 0 Å². The third-order valence-electron chi connectivity index (χ3n) is 2.31. The molecule has 1 N–H and O–H groups in total. The fourth-order valence-corrected chi connectivity index (χ4v) is 1.45. The van der Waals surface area contributed by atoms with E-state index in [1.807, 2.05) is 12.4 Å². The Kier molecular flexibility index (Phi) is 3.82. The average molecular weight is 232 g/mol. The maximum atomic E-state index is 5.13. The number of nitrogens with zero attached hydrogens (tertiary/aromatic N) is 3. The maximum absolute atomic E-state index is 5.13. The summed E-state index contributed by atoms with van der Waals surface area (Å²) in [6.07, 6.45) is 6.32. The Labute approximate surface area is 100 Å². The molecule has 0 unspecified atom stereocenters. The van der Waals surface area contributed by atoms with E-state index in [0.717, 1.165) is 25.1 Å². The van der Waals surface area contributed by atoms with Crippen LogP contribution in [0, 0.1) is 6.92 Å². The number of hydrogen-bond donors (Lipinski definition) is 1. The third kappa shape index (κ3) is 3.10. The monoisotopic (exact) mass is 232 g/mol. The summed E-state index contributed by atoms with van der Waals surface area (Å²) in [7, 11) is 0. The molecule has 0 atom stereocenters. The first-order chi connectivity index (χ1) is 8.29. The van der Waals surface area contributed by atoms with Crippen LogP contribution in [-0.4, -0.2) is 21.5 Å². The largest absolute Gasteiger partial charge is 0.449 e. The van der Waals surface area contributed by atoms with E-state index in [-0.39, 0.29) is 0 Å². The molecule has 5 nitrogen and oxygen atoms in total. The van der Waals surface area contributed by atoms with Crippen molar-refractivity contribution in [1.82, 2.24) is 20.3 Å². The molecule has 0 aliphatic heterocycles. The second kappa shape index (κ2) is 5.54. The SMILES string of the molecule is CCCNCc1cnc(-c2coc(C)n2)nc1. The van der Waals surface area contributed by atoms with E-state index in [0.29, 0.717) is 17.4 Å². The average Bonchev–Trinajstić information content (AvgIpc) is 2.77. The van der Waals surface area contributed by atoms with Crippen LogP contribution in [0.15, 0.2) is 23.1 Å². The van der Waals surface area contributed by atoms with Crippen molar-refractivity contribution >= 4 is 0 Å². The van der Waals surface area contributed by atoms with Gasteiger partial charge in [0.1, 0.15) is 12.0 Å². The summed E-state index contributed by atoms with van der Waals surface area (Å²) >= 11 is 0. The van der Waals surface area contributed by atoms with Crippen LogP contribution in [0.3, 0.4) is 0 Å². The van der Waals surface area contributed by atoms with Crippen molar-refractivity contribution in [2.75, 3.05) is 6.54 Å². The first-order valence-corrected chi connectivity index (χ1v) is 5.73. The lowest BCUT2D eigenvalue weighted by Crippen LogP contribution is -2.14. The van der Waals surface area contributed by atoms with Gasteiger partial charge in [0.05, 0.1) is 0 Å². The Morgan fingerprint density at radius 1 is 1.29 bits per heavy atom. The Morgan fingerprint density at radius 3 is 2.65 bits per heavy atom. The molecule has 2 heterocycles. The minimum Gasteiger partial charge on any atom is -0.449 e. The molecule has 0 aliphatic rings. The van der Waals surface area contributed by atoms with Gasteiger partial charge in [-0.25, -0.2) is 15.0 Å². The Hall–Kier alpha value is -1.75. The highest BCUT2D eigenvalue weighted by molar-refractivity contribution is 5.46. The number of hydrogen-bond acceptors (Lipinski definition) is 5. The van der Waals surface area contributed by atoms with Crippen molar-refractivity contribution < 1.29 is 4.42 Å². The van der Waals surface area contributed by atoms with E-state index < -0.39 is 0 Å². The maximum Gasteiger partial charge on any atom is 0.191 e. The molecule has 2 rings (SSSR count). The molecule has 0 radical (unpaired) electrons. The van der Waals surface area contributed by atoms with Crippen LogP contribution in [0.5, 0.6) is 0 Å². The van der Waals surface area contributed by atoms with Crippen molar-refractivity contribution in [3.8, 4) is 11.5 Å². The Balaban J connectivity index is 2.02. The molecule has 0 bridgehead atoms. The quantitative estimate of drug-likeness (QED) is 0.798. The molecule has 90 valence electrons. The summed E-state index contributed by atoms with van der Waals surface area (Å²) < 4.78 is 5.13. The predicted molar refractivity (Wildman–Crippen MR) is 64.3 cm³/mol. The van der Waals surface area contributed by atoms with Gasteiger partial charge in [-0.2, -0.15) is 0 Å². The number of oxazole rings is 1. The highest BCUT2D eigenvalue weighted by Crippen LogP contribution is 2.12. The molecule has 0 amide bonds. The van der Waals surface area contributed by atoms with Crippen molar-refractivity contribution in [3.63, 3.8) is 0 Å². The molecular formula is C12H16N4O. The Morgan fingerprint density at radius 2 is 2.06 bits per heavy atom. The zero-order valence-electron chi connectivity index (χ0n) is 10.1. The van der Waals surface area contributed by atoms with Gasteiger partial charge in [0.2, 0.25) is 0 Å². The fraction of sp³-hybridized carbons (Fsp3) is 0.417. The second-order valence-corrected chi connectivity index (χ2v) is 3.84. The lowest BCUT2D eigenvalue weighted by Gasteiger charge is -2.02. The van der Waals surface area contributed by atoms with E-state index in [4.69, 9.17) is 4.42 Å². The number of rotatable bonds is 5. The first kappa shape index (κ1) is 11.7. The first-order valence-electron chi connectivity index (χ1n) is 5.73. The zero-order valence-corrected chi connectivity index (χ0v) is 10.1. The van der Waals surface area contributed by atoms with Gasteiger partial charge in [0, 0.05) is 31.4 Å². The van der Waals surface area contributed by atoms with Gasteiger partial charge in [-0.3, -0.25) is 0 Å². The summed E-state index contributed by atoms with van der Waals surface area (Å²) in [6.45, 7) is 5.74. The van der Waals surface area contributed by atoms with Gasteiger partial charge in [-0.05, 0) is 13.0 Å². The minimum absolute atomic E-state index is 0.598. The molecule has 0 aliphatic carbocycles. The molecule has 0 spiro atoms. The number of nitrogens with one attached hydrogen (secondary N) is 1. The fourth-order valence-electron chi connectivity index (χ4n) is 1.45. The van der Waals surface area contributed by atoms with Gasteiger partial charge >= 0.3 is 0 Å². The van der Waals surface area contributed by atoms with E-state index in [9.17, 15) is 0 Å². The van der Waals surface area contributed by atoms with E-state index in [1.165, 1.54) is 0 Å². The standard InChI is InChI=1S/C12H16N4O/c1-3-4-13-5-10-6-14-12(15-7-10)11-8-17-9(2)16-11/h6-8,13H,3-5H2,1-2H3. The third-order valence-corrected chi connectivity index (χ3v) is 2.31. The lowest BCUT2D eigenvalue weighted by atomic mass is 10.3. The molecule has 0 saturated carbocycles. The molecule has 2 aromatic heterocycles. The number of aromatic nitrogens is 3. The summed E-state index contributed by atoms with van der Waals surface area (Å²) in [5, 5.41) is 3.30. The molecular weight excluding hydrogens is 216 g/mol. The van der Waals surface area contributed by atoms with Gasteiger partial charge in [0.25, 0.3) is 0 Å². The number of aryl methyl sites for hydroxylation is 1. The highest BCUT2D eigenvalue weighted by Gasteiger charge is 2.05. The van der Waals surface area contributed by atoms with Crippen LogP contribution in [-0.2, 0) is 6.54 Å². The second-order valence-electron chi connectivity index (χ2n) is 3.84. The molecule has 0 saturated heterocycles. The van der Waals surface area contributed by atoms with Crippen molar-refractivity contribution in [3.05, 3.63) is 30.1 Å². The van der Waals surface area contributed by atoms with Crippen LogP contribution in [0.4, 0.5) is 0 Å². The summed E-state index contributed by atoms with van der Waals surface area (Å²) in [5.74, 6) is 1.22. The van der Waals surface area contributed by atoms with E-state index >= 15 is 0 Å². The van der Waals surface area contributed by atoms with Gasteiger partial charge in [0.15, 0.2) is 11.7 Å². The smallest absolute Gasteiger partial charge is 0.191 e. The zero-order chi connectivity index (χ0) is 12.1. The van der Waals surface area contributed by atoms with Crippen LogP contribution in [0.1, 0.15) is 24.8 Å². The lowest BCUT2D eigenvalue weighted by molar-refractivity contribution is 0.521.